The molecule has 0 aliphatic carbocycles. The quantitative estimate of drug-likeness (QED) is 0.811. The number of thiophene rings is 1. The molecule has 0 saturated heterocycles. The number of rotatable bonds is 6. The van der Waals surface area contributed by atoms with Crippen molar-refractivity contribution < 1.29 is 4.79 Å². The minimum absolute atomic E-state index is 0.0791. The molecule has 0 spiro atoms. The van der Waals surface area contributed by atoms with Gasteiger partial charge in [0.15, 0.2) is 0 Å². The largest absolute Gasteiger partial charge is 0.370 e. The summed E-state index contributed by atoms with van der Waals surface area (Å²) in [5.41, 5.74) is 1.47. The molecule has 0 radical (unpaired) electrons. The molecule has 2 aromatic heterocycles. The van der Waals surface area contributed by atoms with Crippen LogP contribution in [0.1, 0.15) is 34.3 Å². The minimum Gasteiger partial charge on any atom is -0.370 e. The summed E-state index contributed by atoms with van der Waals surface area (Å²) in [4.78, 5) is 17.7. The predicted molar refractivity (Wildman–Crippen MR) is 90.9 cm³/mol. The zero-order chi connectivity index (χ0) is 15.2. The molecule has 4 nitrogen and oxygen atoms in total. The molecular formula is C15H18BrN3OS. The van der Waals surface area contributed by atoms with E-state index in [1.165, 1.54) is 0 Å². The highest BCUT2D eigenvalue weighted by molar-refractivity contribution is 9.10. The highest BCUT2D eigenvalue weighted by Crippen LogP contribution is 2.19. The topological polar surface area (TPSA) is 54.0 Å². The van der Waals surface area contributed by atoms with Crippen LogP contribution >= 0.6 is 27.3 Å². The van der Waals surface area contributed by atoms with Crippen molar-refractivity contribution >= 4 is 39.0 Å². The van der Waals surface area contributed by atoms with Gasteiger partial charge in [0.05, 0.1) is 6.54 Å². The monoisotopic (exact) mass is 367 g/mol. The Hall–Kier alpha value is -1.40. The van der Waals surface area contributed by atoms with E-state index in [-0.39, 0.29) is 5.91 Å². The predicted octanol–water partition coefficient (Wildman–Crippen LogP) is 3.97. The van der Waals surface area contributed by atoms with E-state index in [1.54, 1.807) is 23.5 Å². The number of pyridine rings is 1. The third-order valence-electron chi connectivity index (χ3n) is 2.82. The van der Waals surface area contributed by atoms with Gasteiger partial charge in [-0.2, -0.15) is 0 Å². The second kappa shape index (κ2) is 7.56. The Bertz CT molecular complexity index is 627. The van der Waals surface area contributed by atoms with E-state index in [4.69, 9.17) is 0 Å². The molecule has 2 rings (SSSR count). The first-order valence-corrected chi connectivity index (χ1v) is 8.49. The number of aromatic nitrogens is 1. The molecule has 0 aliphatic heterocycles. The fraction of sp³-hybridized carbons (Fsp3) is 0.333. The summed E-state index contributed by atoms with van der Waals surface area (Å²) in [5, 5.41) is 8.15. The average molecular weight is 368 g/mol. The number of hydrogen-bond acceptors (Lipinski definition) is 4. The van der Waals surface area contributed by atoms with Crippen LogP contribution in [-0.2, 0) is 6.54 Å². The molecule has 112 valence electrons. The van der Waals surface area contributed by atoms with E-state index in [9.17, 15) is 4.79 Å². The molecule has 0 atom stereocenters. The molecule has 0 aromatic carbocycles. The first kappa shape index (κ1) is 16.0. The van der Waals surface area contributed by atoms with Gasteiger partial charge in [0.2, 0.25) is 0 Å². The Kier molecular flexibility index (Phi) is 5.76. The van der Waals surface area contributed by atoms with Gasteiger partial charge in [-0.05, 0) is 47.5 Å². The van der Waals surface area contributed by atoms with E-state index in [2.05, 4.69) is 38.5 Å². The number of amides is 1. The summed E-state index contributed by atoms with van der Waals surface area (Å²) >= 11 is 5.03. The summed E-state index contributed by atoms with van der Waals surface area (Å²) < 4.78 is 1.04. The smallest absolute Gasteiger partial charge is 0.251 e. The normalized spacial score (nSPS) is 10.4. The van der Waals surface area contributed by atoms with Gasteiger partial charge in [0, 0.05) is 32.5 Å². The fourth-order valence-corrected chi connectivity index (χ4v) is 3.25. The van der Waals surface area contributed by atoms with Crippen molar-refractivity contribution in [3.05, 3.63) is 44.2 Å². The summed E-state index contributed by atoms with van der Waals surface area (Å²) in [7, 11) is 0. The van der Waals surface area contributed by atoms with Gasteiger partial charge in [0.1, 0.15) is 5.82 Å². The van der Waals surface area contributed by atoms with Crippen molar-refractivity contribution in [1.82, 2.24) is 10.3 Å². The number of carbonyl (C=O) groups is 1. The Balaban J connectivity index is 2.02. The zero-order valence-electron chi connectivity index (χ0n) is 12.1. The number of halogens is 1. The molecule has 2 aromatic rings. The van der Waals surface area contributed by atoms with Gasteiger partial charge in [-0.15, -0.1) is 11.3 Å². The van der Waals surface area contributed by atoms with Gasteiger partial charge in [0.25, 0.3) is 5.91 Å². The first-order valence-electron chi connectivity index (χ1n) is 6.82. The Morgan fingerprint density at radius 2 is 2.19 bits per heavy atom. The molecule has 1 amide bonds. The van der Waals surface area contributed by atoms with Gasteiger partial charge in [-0.3, -0.25) is 4.79 Å². The Morgan fingerprint density at radius 3 is 2.86 bits per heavy atom. The highest BCUT2D eigenvalue weighted by atomic mass is 79.9. The van der Waals surface area contributed by atoms with Crippen LogP contribution in [0.25, 0.3) is 0 Å². The SMILES string of the molecule is CCCNc1cc(C(=O)NCc2cc(Br)cs2)cc(C)n1. The van der Waals surface area contributed by atoms with Crippen LogP contribution in [0.3, 0.4) is 0 Å². The minimum atomic E-state index is -0.0791. The summed E-state index contributed by atoms with van der Waals surface area (Å²) in [6.07, 6.45) is 1.02. The van der Waals surface area contributed by atoms with Crippen molar-refractivity contribution in [2.45, 2.75) is 26.8 Å². The van der Waals surface area contributed by atoms with Crippen molar-refractivity contribution in [1.29, 1.82) is 0 Å². The van der Waals surface area contributed by atoms with Crippen LogP contribution in [-0.4, -0.2) is 17.4 Å². The van der Waals surface area contributed by atoms with E-state index < -0.39 is 0 Å². The van der Waals surface area contributed by atoms with E-state index in [0.717, 1.165) is 33.8 Å². The van der Waals surface area contributed by atoms with E-state index >= 15 is 0 Å². The number of nitrogens with zero attached hydrogens (tertiary/aromatic N) is 1. The van der Waals surface area contributed by atoms with Gasteiger partial charge in [-0.25, -0.2) is 4.98 Å². The lowest BCUT2D eigenvalue weighted by Crippen LogP contribution is -2.22. The van der Waals surface area contributed by atoms with Gasteiger partial charge in [-0.1, -0.05) is 6.92 Å². The first-order chi connectivity index (χ1) is 10.1. The third kappa shape index (κ3) is 4.82. The lowest BCUT2D eigenvalue weighted by Gasteiger charge is -2.09. The summed E-state index contributed by atoms with van der Waals surface area (Å²) in [6, 6.07) is 5.61. The molecule has 0 fully saturated rings. The number of anilines is 1. The maximum atomic E-state index is 12.2. The maximum Gasteiger partial charge on any atom is 0.251 e. The van der Waals surface area contributed by atoms with E-state index in [1.807, 2.05) is 18.4 Å². The summed E-state index contributed by atoms with van der Waals surface area (Å²) in [6.45, 7) is 5.37. The lowest BCUT2D eigenvalue weighted by molar-refractivity contribution is 0.0951. The number of aryl methyl sites for hydroxylation is 1. The number of hydrogen-bond donors (Lipinski definition) is 2. The molecule has 0 bridgehead atoms. The van der Waals surface area contributed by atoms with Crippen molar-refractivity contribution in [2.24, 2.45) is 0 Å². The van der Waals surface area contributed by atoms with Crippen molar-refractivity contribution in [3.63, 3.8) is 0 Å². The summed E-state index contributed by atoms with van der Waals surface area (Å²) in [5.74, 6) is 0.672. The Morgan fingerprint density at radius 1 is 1.38 bits per heavy atom. The van der Waals surface area contributed by atoms with Crippen LogP contribution < -0.4 is 10.6 Å². The molecule has 2 N–H and O–H groups in total. The molecule has 0 saturated carbocycles. The van der Waals surface area contributed by atoms with Crippen molar-refractivity contribution in [3.8, 4) is 0 Å². The third-order valence-corrected chi connectivity index (χ3v) is 4.51. The molecule has 21 heavy (non-hydrogen) atoms. The van der Waals surface area contributed by atoms with E-state index in [0.29, 0.717) is 12.1 Å². The van der Waals surface area contributed by atoms with Gasteiger partial charge < -0.3 is 10.6 Å². The number of carbonyl (C=O) groups excluding carboxylic acids is 1. The average Bonchev–Trinajstić information content (AvgIpc) is 2.87. The highest BCUT2D eigenvalue weighted by Gasteiger charge is 2.09. The zero-order valence-corrected chi connectivity index (χ0v) is 14.5. The fourth-order valence-electron chi connectivity index (χ4n) is 1.86. The molecule has 6 heteroatoms. The standard InChI is InChI=1S/C15H18BrN3OS/c1-3-4-17-14-6-11(5-10(2)19-14)15(20)18-8-13-7-12(16)9-21-13/h5-7,9H,3-4,8H2,1-2H3,(H,17,19)(H,18,20). The van der Waals surface area contributed by atoms with Crippen LogP contribution in [0.5, 0.6) is 0 Å². The Labute approximate surface area is 137 Å². The van der Waals surface area contributed by atoms with Crippen LogP contribution in [0.15, 0.2) is 28.1 Å². The second-order valence-corrected chi connectivity index (χ2v) is 6.63. The van der Waals surface area contributed by atoms with Crippen LogP contribution in [0, 0.1) is 6.92 Å². The molecular weight excluding hydrogens is 350 g/mol. The van der Waals surface area contributed by atoms with Gasteiger partial charge >= 0.3 is 0 Å². The van der Waals surface area contributed by atoms with Crippen LogP contribution in [0.2, 0.25) is 0 Å². The second-order valence-electron chi connectivity index (χ2n) is 4.72. The lowest BCUT2D eigenvalue weighted by atomic mass is 10.2. The maximum absolute atomic E-state index is 12.2. The molecule has 2 heterocycles. The molecule has 0 aliphatic rings. The van der Waals surface area contributed by atoms with Crippen LogP contribution in [0.4, 0.5) is 5.82 Å². The molecule has 0 unspecified atom stereocenters. The van der Waals surface area contributed by atoms with Crippen molar-refractivity contribution in [2.75, 3.05) is 11.9 Å². The number of nitrogens with one attached hydrogen (secondary N) is 2.